The minimum atomic E-state index is -3.65. The first-order chi connectivity index (χ1) is 18.1. The van der Waals surface area contributed by atoms with Gasteiger partial charge < -0.3 is 16.0 Å². The topological polar surface area (TPSA) is 46.6 Å². The summed E-state index contributed by atoms with van der Waals surface area (Å²) in [5, 5.41) is 0. The molecule has 0 amide bonds. The Balaban J connectivity index is 0.000000303. The van der Waals surface area contributed by atoms with Crippen molar-refractivity contribution in [3.8, 4) is 5.75 Å². The molecule has 2 saturated carbocycles. The Bertz CT molecular complexity index is 1170. The summed E-state index contributed by atoms with van der Waals surface area (Å²) < 4.78 is 33.4. The van der Waals surface area contributed by atoms with Crippen LogP contribution in [0.3, 0.4) is 0 Å². The van der Waals surface area contributed by atoms with E-state index in [0.717, 1.165) is 11.1 Å². The van der Waals surface area contributed by atoms with Crippen molar-refractivity contribution in [3.05, 3.63) is 96.9 Å². The van der Waals surface area contributed by atoms with E-state index < -0.39 is 10.0 Å². The van der Waals surface area contributed by atoms with E-state index in [0.29, 0.717) is 24.6 Å². The van der Waals surface area contributed by atoms with Gasteiger partial charge in [-0.3, -0.25) is 0 Å². The van der Waals surface area contributed by atoms with Gasteiger partial charge in [0.25, 0.3) is 10.0 Å². The largest absolute Gasteiger partial charge is 2.00 e. The number of hydrogen-bond acceptors (Lipinski definition) is 3. The molecule has 4 nitrogen and oxygen atoms in total. The maximum atomic E-state index is 13.1. The minimum Gasteiger partial charge on any atom is -0.547 e. The molecule has 1 atom stereocenters. The standard InChI is InChI=1S/C22H19NO3S.2C5H10.Zr/c1-17-15-23(27(24,25)20-10-6-3-7-11-20)22-14-19(12-13-21(17)22)26-16-18-8-4-2-5-9-18;2*1-2-4-5-3-1;/h2-12,14,17H,1,15-16H2;2*1-5H2;/q-2;;;+2. The Labute approximate surface area is 249 Å². The number of fused-ring (bicyclic) bond motifs is 1. The quantitative estimate of drug-likeness (QED) is 0.275. The number of nitrogens with zero attached hydrogens (tertiary/aromatic N) is 1. The summed E-state index contributed by atoms with van der Waals surface area (Å²) in [6.07, 6.45) is 15.0. The number of benzene rings is 3. The van der Waals surface area contributed by atoms with Crippen molar-refractivity contribution < 1.29 is 39.4 Å². The van der Waals surface area contributed by atoms with Crippen molar-refractivity contribution in [1.29, 1.82) is 0 Å². The molecule has 0 radical (unpaired) electrons. The van der Waals surface area contributed by atoms with E-state index in [1.165, 1.54) is 68.5 Å². The summed E-state index contributed by atoms with van der Waals surface area (Å²) in [6, 6.07) is 24.9. The van der Waals surface area contributed by atoms with Crippen LogP contribution in [-0.4, -0.2) is 15.0 Å². The van der Waals surface area contributed by atoms with E-state index in [2.05, 4.69) is 13.0 Å². The van der Waals surface area contributed by atoms with Crippen molar-refractivity contribution >= 4 is 15.7 Å². The molecule has 6 rings (SSSR count). The third-order valence-electron chi connectivity index (χ3n) is 7.07. The maximum Gasteiger partial charge on any atom is 2.00 e. The van der Waals surface area contributed by atoms with Crippen LogP contribution in [0.4, 0.5) is 5.69 Å². The van der Waals surface area contributed by atoms with Gasteiger partial charge in [0.1, 0.15) is 0 Å². The molecule has 3 aromatic carbocycles. The second-order valence-electron chi connectivity index (χ2n) is 9.99. The molecular weight excluding hydrogens is 570 g/mol. The number of sulfonamides is 1. The molecule has 0 spiro atoms. The molecule has 6 heteroatoms. The third-order valence-corrected chi connectivity index (χ3v) is 8.86. The molecule has 3 aliphatic rings. The van der Waals surface area contributed by atoms with Gasteiger partial charge in [0.05, 0.1) is 11.5 Å². The van der Waals surface area contributed by atoms with Crippen LogP contribution >= 0.6 is 0 Å². The second-order valence-corrected chi connectivity index (χ2v) is 11.9. The fraction of sp³-hybridized carbons (Fsp3) is 0.406. The fourth-order valence-corrected chi connectivity index (χ4v) is 6.48. The van der Waals surface area contributed by atoms with Crippen LogP contribution in [0.2, 0.25) is 0 Å². The summed E-state index contributed by atoms with van der Waals surface area (Å²) >= 11 is 0. The maximum absolute atomic E-state index is 13.1. The molecule has 3 aromatic rings. The number of rotatable bonds is 5. The van der Waals surface area contributed by atoms with Crippen LogP contribution in [0.5, 0.6) is 5.75 Å². The zero-order valence-corrected chi connectivity index (χ0v) is 25.6. The van der Waals surface area contributed by atoms with Crippen molar-refractivity contribution in [2.75, 3.05) is 10.8 Å². The van der Waals surface area contributed by atoms with Crippen LogP contribution in [0.1, 0.15) is 81.3 Å². The normalized spacial score (nSPS) is 17.8. The first-order valence-corrected chi connectivity index (χ1v) is 15.1. The van der Waals surface area contributed by atoms with Crippen molar-refractivity contribution in [2.24, 2.45) is 0 Å². The van der Waals surface area contributed by atoms with Crippen molar-refractivity contribution in [2.45, 2.75) is 81.6 Å². The van der Waals surface area contributed by atoms with Crippen molar-refractivity contribution in [3.63, 3.8) is 0 Å². The first-order valence-electron chi connectivity index (χ1n) is 13.7. The summed E-state index contributed by atoms with van der Waals surface area (Å²) in [5.74, 6) is 0.418. The Hall–Kier alpha value is -1.91. The van der Waals surface area contributed by atoms with E-state index in [1.54, 1.807) is 42.5 Å². The molecule has 0 aromatic heterocycles. The third kappa shape index (κ3) is 8.55. The fourth-order valence-electron chi connectivity index (χ4n) is 4.94. The van der Waals surface area contributed by atoms with Crippen molar-refractivity contribution in [1.82, 2.24) is 0 Å². The van der Waals surface area contributed by atoms with Gasteiger partial charge in [-0.05, 0) is 24.2 Å². The van der Waals surface area contributed by atoms with Crippen LogP contribution < -0.4 is 9.04 Å². The second kappa shape index (κ2) is 15.6. The van der Waals surface area contributed by atoms with Gasteiger partial charge >= 0.3 is 26.2 Å². The van der Waals surface area contributed by atoms with E-state index in [9.17, 15) is 8.42 Å². The summed E-state index contributed by atoms with van der Waals surface area (Å²) in [4.78, 5) is 0.264. The minimum absolute atomic E-state index is 0. The summed E-state index contributed by atoms with van der Waals surface area (Å²) in [5.41, 5.74) is 2.42. The van der Waals surface area contributed by atoms with E-state index in [4.69, 9.17) is 4.74 Å². The van der Waals surface area contributed by atoms with Gasteiger partial charge in [0, 0.05) is 5.75 Å². The van der Waals surface area contributed by atoms with Crippen LogP contribution in [0, 0.1) is 13.0 Å². The van der Waals surface area contributed by atoms with Gasteiger partial charge in [-0.2, -0.15) is 11.6 Å². The molecule has 1 aliphatic heterocycles. The molecule has 1 heterocycles. The number of anilines is 1. The molecule has 0 saturated heterocycles. The monoisotopic (exact) mass is 607 g/mol. The number of ether oxygens (including phenoxy) is 1. The molecule has 200 valence electrons. The van der Waals surface area contributed by atoms with Crippen LogP contribution in [0.15, 0.2) is 77.7 Å². The zero-order valence-electron chi connectivity index (χ0n) is 22.3. The predicted molar refractivity (Wildman–Crippen MR) is 151 cm³/mol. The molecule has 0 bridgehead atoms. The average molecular weight is 609 g/mol. The van der Waals surface area contributed by atoms with Gasteiger partial charge in [0.15, 0.2) is 0 Å². The van der Waals surface area contributed by atoms with Gasteiger partial charge in [-0.25, -0.2) is 8.42 Å². The first kappa shape index (κ1) is 30.6. The molecular formula is C32H39NO3SZr. The zero-order chi connectivity index (χ0) is 25.9. The smallest absolute Gasteiger partial charge is 0.547 e. The Morgan fingerprint density at radius 3 is 1.84 bits per heavy atom. The summed E-state index contributed by atoms with van der Waals surface area (Å²) in [6.45, 7) is 4.79. The molecule has 2 fully saturated rings. The SMILES string of the molecule is C1CCCC1.C1CCCC1.[CH2-]C1CN(S(=O)(=O)c2ccccc2)c2cc(OCc3ccccc3)c[c-]c21.[Zr+2]. The number of hydrogen-bond donors (Lipinski definition) is 0. The molecule has 38 heavy (non-hydrogen) atoms. The average Bonchev–Trinajstić information content (AvgIpc) is 3.74. The van der Waals surface area contributed by atoms with Crippen LogP contribution in [-0.2, 0) is 42.8 Å². The molecule has 0 N–H and O–H groups in total. The van der Waals surface area contributed by atoms with E-state index in [1.807, 2.05) is 30.3 Å². The predicted octanol–water partition coefficient (Wildman–Crippen LogP) is 8.09. The van der Waals surface area contributed by atoms with E-state index in [-0.39, 0.29) is 37.0 Å². The van der Waals surface area contributed by atoms with Crippen LogP contribution in [0.25, 0.3) is 0 Å². The van der Waals surface area contributed by atoms with Gasteiger partial charge in [-0.1, -0.05) is 118 Å². The van der Waals surface area contributed by atoms with Gasteiger partial charge in [0.2, 0.25) is 0 Å². The van der Waals surface area contributed by atoms with Gasteiger partial charge in [-0.15, -0.1) is 18.1 Å². The Morgan fingerprint density at radius 2 is 1.32 bits per heavy atom. The molecule has 1 unspecified atom stereocenters. The Kier molecular flexibility index (Phi) is 12.6. The summed E-state index contributed by atoms with van der Waals surface area (Å²) in [7, 11) is -3.65. The molecule has 2 aliphatic carbocycles. The Morgan fingerprint density at radius 1 is 0.816 bits per heavy atom. The van der Waals surface area contributed by atoms with E-state index >= 15 is 0 Å².